The summed E-state index contributed by atoms with van der Waals surface area (Å²) in [5.74, 6) is 6.38. The van der Waals surface area contributed by atoms with Crippen LogP contribution in [0.2, 0.25) is 0 Å². The van der Waals surface area contributed by atoms with Gasteiger partial charge in [0.25, 0.3) is 0 Å². The van der Waals surface area contributed by atoms with Gasteiger partial charge in [-0.05, 0) is 62.8 Å². The standard InChI is InChI=1S/C42H48O8/c1-43-27-9-13-31(35(17-27)47-5)39-21-40(32-14-10-28(44-2)18-36(32)48-6)24-41(22-39,33-15-11-29(45-3)19-37(33)49-7)26-42(23-39,25-40)34-16-12-30(46-4)20-38(34)50-8/h9-20H,21-26H2,1-8H3. The largest absolute Gasteiger partial charge is 0.497 e. The van der Waals surface area contributed by atoms with E-state index in [-0.39, 0.29) is 21.7 Å². The summed E-state index contributed by atoms with van der Waals surface area (Å²) in [6, 6.07) is 25.3. The number of rotatable bonds is 12. The van der Waals surface area contributed by atoms with Crippen LogP contribution in [-0.4, -0.2) is 56.9 Å². The van der Waals surface area contributed by atoms with E-state index in [1.54, 1.807) is 56.9 Å². The van der Waals surface area contributed by atoms with Gasteiger partial charge in [-0.1, -0.05) is 24.3 Å². The van der Waals surface area contributed by atoms with Crippen molar-refractivity contribution in [2.45, 2.75) is 60.2 Å². The van der Waals surface area contributed by atoms with Crippen LogP contribution in [0, 0.1) is 0 Å². The van der Waals surface area contributed by atoms with Crippen molar-refractivity contribution < 1.29 is 37.9 Å². The maximum atomic E-state index is 6.22. The normalized spacial score (nSPS) is 26.2. The fraction of sp³-hybridized carbons (Fsp3) is 0.429. The van der Waals surface area contributed by atoms with Crippen LogP contribution in [0.15, 0.2) is 72.8 Å². The van der Waals surface area contributed by atoms with Crippen molar-refractivity contribution in [3.63, 3.8) is 0 Å². The summed E-state index contributed by atoms with van der Waals surface area (Å²) in [6.07, 6.45) is 5.45. The molecule has 8 heteroatoms. The Morgan fingerprint density at radius 3 is 0.660 bits per heavy atom. The van der Waals surface area contributed by atoms with E-state index >= 15 is 0 Å². The second-order valence-electron chi connectivity index (χ2n) is 14.4. The quantitative estimate of drug-likeness (QED) is 0.148. The molecule has 0 aromatic heterocycles. The minimum Gasteiger partial charge on any atom is -0.497 e. The number of hydrogen-bond donors (Lipinski definition) is 0. The highest BCUT2D eigenvalue weighted by Gasteiger charge is 2.71. The molecule has 0 unspecified atom stereocenters. The highest BCUT2D eigenvalue weighted by molar-refractivity contribution is 5.60. The smallest absolute Gasteiger partial charge is 0.126 e. The molecule has 264 valence electrons. The third kappa shape index (κ3) is 5.09. The second-order valence-corrected chi connectivity index (χ2v) is 14.4. The van der Waals surface area contributed by atoms with Crippen molar-refractivity contribution in [3.8, 4) is 46.0 Å². The topological polar surface area (TPSA) is 73.8 Å². The zero-order chi connectivity index (χ0) is 35.3. The summed E-state index contributed by atoms with van der Waals surface area (Å²) >= 11 is 0. The molecular formula is C42H48O8. The summed E-state index contributed by atoms with van der Waals surface area (Å²) in [6.45, 7) is 0. The molecule has 0 saturated heterocycles. The lowest BCUT2D eigenvalue weighted by Gasteiger charge is -2.71. The maximum absolute atomic E-state index is 6.22. The van der Waals surface area contributed by atoms with Gasteiger partial charge >= 0.3 is 0 Å². The molecule has 0 atom stereocenters. The van der Waals surface area contributed by atoms with Gasteiger partial charge in [-0.3, -0.25) is 0 Å². The Balaban J connectivity index is 1.59. The van der Waals surface area contributed by atoms with E-state index in [1.165, 1.54) is 22.3 Å². The number of ether oxygens (including phenoxy) is 8. The van der Waals surface area contributed by atoms with Crippen LogP contribution in [0.4, 0.5) is 0 Å². The molecule has 4 aromatic rings. The molecule has 0 spiro atoms. The average Bonchev–Trinajstić information content (AvgIpc) is 3.16. The first-order valence-corrected chi connectivity index (χ1v) is 17.1. The minimum atomic E-state index is -0.312. The van der Waals surface area contributed by atoms with E-state index in [2.05, 4.69) is 48.5 Å². The fourth-order valence-corrected chi connectivity index (χ4v) is 10.7. The van der Waals surface area contributed by atoms with E-state index in [1.807, 2.05) is 24.3 Å². The first-order chi connectivity index (χ1) is 24.2. The van der Waals surface area contributed by atoms with E-state index in [9.17, 15) is 0 Å². The molecule has 8 nitrogen and oxygen atoms in total. The number of benzene rings is 4. The highest BCUT2D eigenvalue weighted by atomic mass is 16.5. The molecule has 4 aliphatic rings. The Bertz CT molecular complexity index is 1590. The van der Waals surface area contributed by atoms with Crippen LogP contribution in [0.1, 0.15) is 60.8 Å². The van der Waals surface area contributed by atoms with Crippen LogP contribution in [0.5, 0.6) is 46.0 Å². The van der Waals surface area contributed by atoms with Crippen LogP contribution < -0.4 is 37.9 Å². The van der Waals surface area contributed by atoms with Gasteiger partial charge in [-0.25, -0.2) is 0 Å². The molecule has 50 heavy (non-hydrogen) atoms. The summed E-state index contributed by atoms with van der Waals surface area (Å²) < 4.78 is 47.6. The Labute approximate surface area is 295 Å². The lowest BCUT2D eigenvalue weighted by Crippen LogP contribution is -2.67. The van der Waals surface area contributed by atoms with Crippen molar-refractivity contribution in [3.05, 3.63) is 95.1 Å². The van der Waals surface area contributed by atoms with Gasteiger partial charge in [-0.2, -0.15) is 0 Å². The Kier molecular flexibility index (Phi) is 8.48. The first kappa shape index (κ1) is 33.8. The van der Waals surface area contributed by atoms with E-state index < -0.39 is 0 Å². The Morgan fingerprint density at radius 1 is 0.300 bits per heavy atom. The molecule has 4 aromatic carbocycles. The van der Waals surface area contributed by atoms with Crippen LogP contribution >= 0.6 is 0 Å². The fourth-order valence-electron chi connectivity index (χ4n) is 10.7. The predicted molar refractivity (Wildman–Crippen MR) is 193 cm³/mol. The molecule has 0 N–H and O–H groups in total. The third-order valence-electron chi connectivity index (χ3n) is 12.0. The van der Waals surface area contributed by atoms with Crippen molar-refractivity contribution in [2.24, 2.45) is 0 Å². The molecule has 0 radical (unpaired) electrons. The van der Waals surface area contributed by atoms with Crippen molar-refractivity contribution in [1.82, 2.24) is 0 Å². The lowest BCUT2D eigenvalue weighted by atomic mass is 9.32. The molecule has 8 rings (SSSR count). The average molecular weight is 681 g/mol. The molecule has 0 aliphatic heterocycles. The van der Waals surface area contributed by atoms with Crippen LogP contribution in [0.3, 0.4) is 0 Å². The van der Waals surface area contributed by atoms with Crippen molar-refractivity contribution in [2.75, 3.05) is 56.9 Å². The molecule has 0 amide bonds. The minimum absolute atomic E-state index is 0.312. The van der Waals surface area contributed by atoms with Gasteiger partial charge in [-0.15, -0.1) is 0 Å². The molecular weight excluding hydrogens is 632 g/mol. The summed E-state index contributed by atoms with van der Waals surface area (Å²) in [7, 11) is 13.8. The summed E-state index contributed by atoms with van der Waals surface area (Å²) in [4.78, 5) is 0. The van der Waals surface area contributed by atoms with Gasteiger partial charge in [0.05, 0.1) is 56.9 Å². The number of methoxy groups -OCH3 is 8. The second kappa shape index (κ2) is 12.6. The highest BCUT2D eigenvalue weighted by Crippen LogP contribution is 2.77. The zero-order valence-electron chi connectivity index (χ0n) is 30.4. The van der Waals surface area contributed by atoms with E-state index in [0.717, 1.165) is 84.5 Å². The Hall–Kier alpha value is -4.72. The van der Waals surface area contributed by atoms with E-state index in [0.29, 0.717) is 0 Å². The lowest BCUT2D eigenvalue weighted by molar-refractivity contribution is -0.0715. The van der Waals surface area contributed by atoms with E-state index in [4.69, 9.17) is 37.9 Å². The van der Waals surface area contributed by atoms with Gasteiger partial charge < -0.3 is 37.9 Å². The van der Waals surface area contributed by atoms with Gasteiger partial charge in [0.1, 0.15) is 46.0 Å². The SMILES string of the molecule is COc1ccc(C23CC4(c5ccc(OC)cc5OC)CC(c5ccc(OC)cc5OC)(C2)CC(c2ccc(OC)cc2OC)(C3)C4)c(OC)c1. The predicted octanol–water partition coefficient (Wildman–Crippen LogP) is 8.19. The van der Waals surface area contributed by atoms with Gasteiger partial charge in [0.15, 0.2) is 0 Å². The molecule has 4 saturated carbocycles. The van der Waals surface area contributed by atoms with Crippen molar-refractivity contribution in [1.29, 1.82) is 0 Å². The van der Waals surface area contributed by atoms with Gasteiger partial charge in [0, 0.05) is 68.2 Å². The molecule has 4 aliphatic carbocycles. The summed E-state index contributed by atoms with van der Waals surface area (Å²) in [5.41, 5.74) is 3.49. The van der Waals surface area contributed by atoms with Crippen LogP contribution in [-0.2, 0) is 21.7 Å². The number of hydrogen-bond acceptors (Lipinski definition) is 8. The maximum Gasteiger partial charge on any atom is 0.126 e. The Morgan fingerprint density at radius 2 is 0.500 bits per heavy atom. The first-order valence-electron chi connectivity index (χ1n) is 17.1. The third-order valence-corrected chi connectivity index (χ3v) is 12.0. The van der Waals surface area contributed by atoms with Crippen LogP contribution in [0.25, 0.3) is 0 Å². The summed E-state index contributed by atoms with van der Waals surface area (Å²) in [5, 5.41) is 0. The van der Waals surface area contributed by atoms with Gasteiger partial charge in [0.2, 0.25) is 0 Å². The molecule has 0 heterocycles. The molecule has 4 bridgehead atoms. The monoisotopic (exact) mass is 680 g/mol. The van der Waals surface area contributed by atoms with Crippen molar-refractivity contribution >= 4 is 0 Å². The molecule has 4 fully saturated rings. The zero-order valence-corrected chi connectivity index (χ0v) is 30.4.